The van der Waals surface area contributed by atoms with E-state index in [-0.39, 0.29) is 5.91 Å². The molecular formula is C14H15N3O. The lowest BCUT2D eigenvalue weighted by molar-refractivity contribution is 0.0944. The summed E-state index contributed by atoms with van der Waals surface area (Å²) in [6, 6.07) is 9.56. The summed E-state index contributed by atoms with van der Waals surface area (Å²) in [6.45, 7) is 3.93. The molecule has 2 N–H and O–H groups in total. The molecule has 2 aromatic rings. The van der Waals surface area contributed by atoms with E-state index in [9.17, 15) is 4.79 Å². The summed E-state index contributed by atoms with van der Waals surface area (Å²) in [4.78, 5) is 15.0. The van der Waals surface area contributed by atoms with Gasteiger partial charge in [0.1, 0.15) is 0 Å². The molecule has 0 saturated carbocycles. The molecule has 0 aliphatic carbocycles. The molecule has 4 nitrogen and oxygen atoms in total. The first-order valence-corrected chi connectivity index (χ1v) is 5.78. The van der Waals surface area contributed by atoms with Gasteiger partial charge in [-0.2, -0.15) is 5.26 Å². The van der Waals surface area contributed by atoms with Crippen molar-refractivity contribution in [1.82, 2.24) is 10.3 Å². The SMILES string of the molecule is CC(C)(C#N)CNC(=O)c1ccc2[nH]ccc2c1. The summed E-state index contributed by atoms with van der Waals surface area (Å²) in [7, 11) is 0. The smallest absolute Gasteiger partial charge is 0.251 e. The van der Waals surface area contributed by atoms with Gasteiger partial charge in [0, 0.05) is 29.2 Å². The molecular weight excluding hydrogens is 226 g/mol. The quantitative estimate of drug-likeness (QED) is 0.866. The van der Waals surface area contributed by atoms with Gasteiger partial charge in [-0.05, 0) is 38.1 Å². The van der Waals surface area contributed by atoms with Crippen LogP contribution in [0.25, 0.3) is 10.9 Å². The molecule has 1 amide bonds. The van der Waals surface area contributed by atoms with Crippen LogP contribution in [0.3, 0.4) is 0 Å². The van der Waals surface area contributed by atoms with E-state index in [4.69, 9.17) is 5.26 Å². The van der Waals surface area contributed by atoms with Gasteiger partial charge in [0.2, 0.25) is 0 Å². The number of H-pyrrole nitrogens is 1. The topological polar surface area (TPSA) is 68.7 Å². The minimum absolute atomic E-state index is 0.151. The van der Waals surface area contributed by atoms with Gasteiger partial charge in [-0.3, -0.25) is 4.79 Å². The number of amides is 1. The Hall–Kier alpha value is -2.28. The first-order chi connectivity index (χ1) is 8.52. The lowest BCUT2D eigenvalue weighted by Gasteiger charge is -2.15. The first-order valence-electron chi connectivity index (χ1n) is 5.78. The Balaban J connectivity index is 2.11. The van der Waals surface area contributed by atoms with Crippen LogP contribution in [0, 0.1) is 16.7 Å². The van der Waals surface area contributed by atoms with Gasteiger partial charge < -0.3 is 10.3 Å². The van der Waals surface area contributed by atoms with E-state index < -0.39 is 5.41 Å². The Morgan fingerprint density at radius 2 is 2.22 bits per heavy atom. The zero-order chi connectivity index (χ0) is 13.2. The summed E-state index contributed by atoms with van der Waals surface area (Å²) >= 11 is 0. The van der Waals surface area contributed by atoms with Crippen LogP contribution in [0.2, 0.25) is 0 Å². The van der Waals surface area contributed by atoms with Gasteiger partial charge in [0.15, 0.2) is 0 Å². The molecule has 0 saturated heterocycles. The number of aromatic amines is 1. The average Bonchev–Trinajstić information content (AvgIpc) is 2.83. The highest BCUT2D eigenvalue weighted by Gasteiger charge is 2.18. The number of nitrogens with zero attached hydrogens (tertiary/aromatic N) is 1. The van der Waals surface area contributed by atoms with Crippen molar-refractivity contribution in [3.63, 3.8) is 0 Å². The Labute approximate surface area is 106 Å². The van der Waals surface area contributed by atoms with Crippen LogP contribution < -0.4 is 5.32 Å². The molecule has 0 unspecified atom stereocenters. The standard InChI is InChI=1S/C14H15N3O/c1-14(2,8-15)9-17-13(18)11-3-4-12-10(7-11)5-6-16-12/h3-7,16H,9H2,1-2H3,(H,17,18). The molecule has 4 heteroatoms. The molecule has 2 rings (SSSR count). The molecule has 92 valence electrons. The predicted molar refractivity (Wildman–Crippen MR) is 70.0 cm³/mol. The van der Waals surface area contributed by atoms with Crippen molar-refractivity contribution in [2.45, 2.75) is 13.8 Å². The zero-order valence-electron chi connectivity index (χ0n) is 10.4. The van der Waals surface area contributed by atoms with Gasteiger partial charge in [-0.1, -0.05) is 0 Å². The van der Waals surface area contributed by atoms with E-state index in [0.717, 1.165) is 10.9 Å². The maximum atomic E-state index is 11.9. The molecule has 0 atom stereocenters. The Kier molecular flexibility index (Phi) is 3.07. The molecule has 0 radical (unpaired) electrons. The van der Waals surface area contributed by atoms with E-state index in [1.807, 2.05) is 24.4 Å². The fourth-order valence-corrected chi connectivity index (χ4v) is 1.64. The minimum atomic E-state index is -0.548. The van der Waals surface area contributed by atoms with E-state index >= 15 is 0 Å². The van der Waals surface area contributed by atoms with Crippen LogP contribution in [0.5, 0.6) is 0 Å². The predicted octanol–water partition coefficient (Wildman–Crippen LogP) is 2.45. The average molecular weight is 241 g/mol. The third-order valence-corrected chi connectivity index (χ3v) is 2.81. The van der Waals surface area contributed by atoms with E-state index in [2.05, 4.69) is 16.4 Å². The van der Waals surface area contributed by atoms with Crippen LogP contribution in [0.4, 0.5) is 0 Å². The lowest BCUT2D eigenvalue weighted by atomic mass is 9.96. The number of aromatic nitrogens is 1. The summed E-state index contributed by atoms with van der Waals surface area (Å²) in [6.07, 6.45) is 1.84. The van der Waals surface area contributed by atoms with Crippen LogP contribution in [0.1, 0.15) is 24.2 Å². The summed E-state index contributed by atoms with van der Waals surface area (Å²) < 4.78 is 0. The minimum Gasteiger partial charge on any atom is -0.361 e. The number of nitrogens with one attached hydrogen (secondary N) is 2. The van der Waals surface area contributed by atoms with E-state index in [1.54, 1.807) is 19.9 Å². The molecule has 0 bridgehead atoms. The van der Waals surface area contributed by atoms with Gasteiger partial charge in [-0.15, -0.1) is 0 Å². The van der Waals surface area contributed by atoms with Crippen molar-refractivity contribution in [2.24, 2.45) is 5.41 Å². The number of fused-ring (bicyclic) bond motifs is 1. The fraction of sp³-hybridized carbons (Fsp3) is 0.286. The van der Waals surface area contributed by atoms with E-state index in [1.165, 1.54) is 0 Å². The summed E-state index contributed by atoms with van der Waals surface area (Å²) in [5.74, 6) is -0.151. The highest BCUT2D eigenvalue weighted by Crippen LogP contribution is 2.15. The number of rotatable bonds is 3. The van der Waals surface area contributed by atoms with Crippen molar-refractivity contribution in [3.05, 3.63) is 36.0 Å². The Bertz CT molecular complexity index is 619. The second kappa shape index (κ2) is 4.53. The number of nitriles is 1. The van der Waals surface area contributed by atoms with Crippen LogP contribution >= 0.6 is 0 Å². The normalized spacial score (nSPS) is 11.2. The van der Waals surface area contributed by atoms with Crippen molar-refractivity contribution >= 4 is 16.8 Å². The second-order valence-electron chi connectivity index (χ2n) is 4.96. The number of hydrogen-bond donors (Lipinski definition) is 2. The maximum Gasteiger partial charge on any atom is 0.251 e. The molecule has 1 aromatic carbocycles. The molecule has 0 aliphatic rings. The fourth-order valence-electron chi connectivity index (χ4n) is 1.64. The summed E-state index contributed by atoms with van der Waals surface area (Å²) in [5, 5.41) is 12.7. The van der Waals surface area contributed by atoms with Crippen LogP contribution in [0.15, 0.2) is 30.5 Å². The van der Waals surface area contributed by atoms with E-state index in [0.29, 0.717) is 12.1 Å². The molecule has 0 spiro atoms. The van der Waals surface area contributed by atoms with Gasteiger partial charge in [0.05, 0.1) is 11.5 Å². The highest BCUT2D eigenvalue weighted by molar-refractivity contribution is 5.98. The number of benzene rings is 1. The van der Waals surface area contributed by atoms with Crippen molar-refractivity contribution in [2.75, 3.05) is 6.54 Å². The largest absolute Gasteiger partial charge is 0.361 e. The van der Waals surface area contributed by atoms with Crippen molar-refractivity contribution in [1.29, 1.82) is 5.26 Å². The molecule has 18 heavy (non-hydrogen) atoms. The van der Waals surface area contributed by atoms with Gasteiger partial charge in [0.25, 0.3) is 5.91 Å². The van der Waals surface area contributed by atoms with Crippen molar-refractivity contribution < 1.29 is 4.79 Å². The maximum absolute atomic E-state index is 11.9. The first kappa shape index (κ1) is 12.2. The number of carbonyl (C=O) groups is 1. The van der Waals surface area contributed by atoms with Crippen molar-refractivity contribution in [3.8, 4) is 6.07 Å². The third kappa shape index (κ3) is 2.51. The molecule has 1 heterocycles. The number of hydrogen-bond acceptors (Lipinski definition) is 2. The van der Waals surface area contributed by atoms with Gasteiger partial charge in [-0.25, -0.2) is 0 Å². The zero-order valence-corrected chi connectivity index (χ0v) is 10.4. The molecule has 0 fully saturated rings. The van der Waals surface area contributed by atoms with Crippen LogP contribution in [-0.2, 0) is 0 Å². The molecule has 1 aromatic heterocycles. The Morgan fingerprint density at radius 3 is 2.94 bits per heavy atom. The monoisotopic (exact) mass is 241 g/mol. The third-order valence-electron chi connectivity index (χ3n) is 2.81. The number of carbonyl (C=O) groups excluding carboxylic acids is 1. The second-order valence-corrected chi connectivity index (χ2v) is 4.96. The molecule has 0 aliphatic heterocycles. The van der Waals surface area contributed by atoms with Crippen LogP contribution in [-0.4, -0.2) is 17.4 Å². The highest BCUT2D eigenvalue weighted by atomic mass is 16.1. The Morgan fingerprint density at radius 1 is 1.44 bits per heavy atom. The lowest BCUT2D eigenvalue weighted by Crippen LogP contribution is -2.33. The summed E-state index contributed by atoms with van der Waals surface area (Å²) in [5.41, 5.74) is 1.06. The van der Waals surface area contributed by atoms with Gasteiger partial charge >= 0.3 is 0 Å².